The van der Waals surface area contributed by atoms with Crippen molar-refractivity contribution < 1.29 is 89.4 Å². The lowest BCUT2D eigenvalue weighted by atomic mass is 9.93. The van der Waals surface area contributed by atoms with Crippen LogP contribution in [0.5, 0.6) is 0 Å². The van der Waals surface area contributed by atoms with Crippen LogP contribution in [0.2, 0.25) is 0 Å². The molecule has 246 valence electrons. The highest BCUT2D eigenvalue weighted by atomic mass is 16.8. The largest absolute Gasteiger partial charge is 0.447 e. The molecule has 19 nitrogen and oxygen atoms in total. The molecule has 3 aliphatic heterocycles. The zero-order valence-electron chi connectivity index (χ0n) is 22.7. The number of hydrogen-bond donors (Lipinski definition) is 12. The van der Waals surface area contributed by atoms with Gasteiger partial charge in [0, 0.05) is 6.54 Å². The van der Waals surface area contributed by atoms with Crippen LogP contribution in [-0.2, 0) is 28.4 Å². The molecular weight excluding hydrogens is 578 g/mol. The molecule has 3 saturated heterocycles. The lowest BCUT2D eigenvalue weighted by Gasteiger charge is -2.46. The first-order valence-corrected chi connectivity index (χ1v) is 13.3. The first-order chi connectivity index (χ1) is 19.7. The fraction of sp³-hybridized carbons (Fsp3) is 0.957. The van der Waals surface area contributed by atoms with Crippen molar-refractivity contribution in [2.45, 2.75) is 91.7 Å². The summed E-state index contributed by atoms with van der Waals surface area (Å²) in [4.78, 5) is 11.9. The number of aliphatic hydroxyl groups excluding tert-OH is 10. The van der Waals surface area contributed by atoms with Crippen LogP contribution < -0.4 is 5.32 Å². The van der Waals surface area contributed by atoms with E-state index in [1.807, 2.05) is 0 Å². The molecule has 1 amide bonds. The molecule has 0 aromatic rings. The Labute approximate surface area is 239 Å². The Bertz CT molecular complexity index is 884. The number of rotatable bonds is 13. The predicted molar refractivity (Wildman–Crippen MR) is 130 cm³/mol. The summed E-state index contributed by atoms with van der Waals surface area (Å²) in [5.41, 5.74) is 0. The quantitative estimate of drug-likeness (QED) is 0.0911. The third kappa shape index (κ3) is 6.81. The highest BCUT2D eigenvalue weighted by molar-refractivity contribution is 5.67. The normalized spacial score (nSPS) is 45.7. The van der Waals surface area contributed by atoms with E-state index in [2.05, 4.69) is 5.32 Å². The topological polar surface area (TPSA) is 307 Å². The van der Waals surface area contributed by atoms with Crippen molar-refractivity contribution in [2.24, 2.45) is 0 Å². The first-order valence-electron chi connectivity index (χ1n) is 13.3. The van der Waals surface area contributed by atoms with Crippen molar-refractivity contribution in [1.29, 1.82) is 0 Å². The van der Waals surface area contributed by atoms with Gasteiger partial charge in [0.1, 0.15) is 87.5 Å². The highest BCUT2D eigenvalue weighted by Crippen LogP contribution is 2.39. The average molecular weight is 620 g/mol. The lowest BCUT2D eigenvalue weighted by molar-refractivity contribution is -0.392. The minimum Gasteiger partial charge on any atom is -0.447 e. The minimum absolute atomic E-state index is 0.277. The Morgan fingerprint density at radius 3 is 1.86 bits per heavy atom. The second-order valence-electron chi connectivity index (χ2n) is 10.4. The van der Waals surface area contributed by atoms with Gasteiger partial charge in [-0.1, -0.05) is 6.92 Å². The molecule has 13 atom stereocenters. The predicted octanol–water partition coefficient (Wildman–Crippen LogP) is -7.06. The maximum Gasteiger partial charge on any atom is 0.407 e. The monoisotopic (exact) mass is 619 g/mol. The van der Waals surface area contributed by atoms with Gasteiger partial charge in [-0.2, -0.15) is 0 Å². The molecule has 0 aliphatic carbocycles. The van der Waals surface area contributed by atoms with Gasteiger partial charge in [0.2, 0.25) is 17.4 Å². The molecule has 0 radical (unpaired) electrons. The summed E-state index contributed by atoms with van der Waals surface area (Å²) in [6.45, 7) is -3.59. The second-order valence-corrected chi connectivity index (χ2v) is 10.4. The van der Waals surface area contributed by atoms with Gasteiger partial charge in [0.25, 0.3) is 0 Å². The van der Waals surface area contributed by atoms with Gasteiger partial charge >= 0.3 is 6.09 Å². The van der Waals surface area contributed by atoms with Crippen LogP contribution >= 0.6 is 0 Å². The van der Waals surface area contributed by atoms with E-state index in [4.69, 9.17) is 28.4 Å². The van der Waals surface area contributed by atoms with Gasteiger partial charge in [0.15, 0.2) is 0 Å². The number of hydrogen-bond acceptors (Lipinski definition) is 18. The number of alkyl carbamates (subject to hydrolysis) is 1. The summed E-state index contributed by atoms with van der Waals surface area (Å²) in [6.07, 6.45) is -18.5. The summed E-state index contributed by atoms with van der Waals surface area (Å²) >= 11 is 0. The Morgan fingerprint density at radius 1 is 0.738 bits per heavy atom. The van der Waals surface area contributed by atoms with Crippen molar-refractivity contribution in [2.75, 3.05) is 46.2 Å². The van der Waals surface area contributed by atoms with Crippen LogP contribution in [0.25, 0.3) is 0 Å². The van der Waals surface area contributed by atoms with E-state index in [0.29, 0.717) is 6.42 Å². The number of ether oxygens (including phenoxy) is 6. The maximum absolute atomic E-state index is 11.9. The van der Waals surface area contributed by atoms with Crippen molar-refractivity contribution in [3.63, 3.8) is 0 Å². The highest BCUT2D eigenvalue weighted by Gasteiger charge is 2.62. The van der Waals surface area contributed by atoms with Crippen molar-refractivity contribution in [3.05, 3.63) is 0 Å². The molecule has 0 spiro atoms. The fourth-order valence-corrected chi connectivity index (χ4v) is 4.80. The van der Waals surface area contributed by atoms with E-state index >= 15 is 0 Å². The third-order valence-corrected chi connectivity index (χ3v) is 7.40. The standard InChI is InChI=1S/C23H41NO18/c1-2-3-24-20(35)37-6-12-15(30)19(34)23(42-12,9-39-22(7-27)18(33)14(29)11(5-26)41-22)38-8-21(36)17(32)16(31)13(28)10(4-25)40-21/h10-19,25-34,36H,2-9H2,1H3,(H,24,35)/t10?,11-,12-,13-,14?,15?,16?,17+,18+,19+,21-,22-,23-/m1/s1. The molecule has 4 unspecified atom stereocenters. The van der Waals surface area contributed by atoms with Gasteiger partial charge in [-0.05, 0) is 6.42 Å². The molecule has 3 aliphatic rings. The van der Waals surface area contributed by atoms with E-state index in [-0.39, 0.29) is 6.54 Å². The summed E-state index contributed by atoms with van der Waals surface area (Å²) in [6, 6.07) is 0. The first kappa shape index (κ1) is 35.1. The van der Waals surface area contributed by atoms with Crippen LogP contribution in [0.3, 0.4) is 0 Å². The molecule has 0 aromatic heterocycles. The summed E-state index contributed by atoms with van der Waals surface area (Å²) in [5.74, 6) is -7.83. The Kier molecular flexibility index (Phi) is 11.8. The van der Waals surface area contributed by atoms with E-state index in [1.165, 1.54) is 0 Å². The molecule has 0 saturated carbocycles. The van der Waals surface area contributed by atoms with E-state index in [1.54, 1.807) is 6.92 Å². The SMILES string of the molecule is CCCNC(=O)OC[C@H]1O[C@@](CO[C@]2(CO)O[C@H](CO)C(O)[C@@H]2O)(OC[C@@]2(O)OC(CO)[C@@H](O)C(O)[C@@H]2O)[C@@H](O)C1O. The number of carbonyl (C=O) groups is 1. The summed E-state index contributed by atoms with van der Waals surface area (Å²) < 4.78 is 32.2. The maximum atomic E-state index is 11.9. The lowest BCUT2D eigenvalue weighted by Crippen LogP contribution is -2.68. The molecule has 3 heterocycles. The van der Waals surface area contributed by atoms with Gasteiger partial charge in [-0.15, -0.1) is 0 Å². The fourth-order valence-electron chi connectivity index (χ4n) is 4.80. The van der Waals surface area contributed by atoms with Gasteiger partial charge in [-0.3, -0.25) is 0 Å². The number of carbonyl (C=O) groups excluding carboxylic acids is 1. The van der Waals surface area contributed by atoms with Crippen LogP contribution in [0, 0.1) is 0 Å². The smallest absolute Gasteiger partial charge is 0.407 e. The Balaban J connectivity index is 1.86. The van der Waals surface area contributed by atoms with Crippen LogP contribution in [-0.4, -0.2) is 187 Å². The molecule has 19 heteroatoms. The zero-order chi connectivity index (χ0) is 31.5. The molecule has 3 fully saturated rings. The Morgan fingerprint density at radius 2 is 1.29 bits per heavy atom. The zero-order valence-corrected chi connectivity index (χ0v) is 22.7. The Hall–Kier alpha value is -1.37. The molecule has 42 heavy (non-hydrogen) atoms. The minimum atomic E-state index is -2.85. The molecular formula is C23H41NO18. The number of nitrogens with one attached hydrogen (secondary N) is 1. The second kappa shape index (κ2) is 14.2. The van der Waals surface area contributed by atoms with E-state index in [9.17, 15) is 61.0 Å². The summed E-state index contributed by atoms with van der Waals surface area (Å²) in [7, 11) is 0. The van der Waals surface area contributed by atoms with Gasteiger partial charge in [0.05, 0.1) is 13.2 Å². The van der Waals surface area contributed by atoms with Crippen molar-refractivity contribution in [1.82, 2.24) is 5.32 Å². The number of aliphatic hydroxyl groups is 11. The van der Waals surface area contributed by atoms with Crippen LogP contribution in [0.15, 0.2) is 0 Å². The molecule has 0 aromatic carbocycles. The van der Waals surface area contributed by atoms with E-state index < -0.39 is 124 Å². The summed E-state index contributed by atoms with van der Waals surface area (Å²) in [5, 5.41) is 115. The third-order valence-electron chi connectivity index (χ3n) is 7.40. The number of amides is 1. The van der Waals surface area contributed by atoms with Gasteiger partial charge in [-0.25, -0.2) is 4.79 Å². The van der Waals surface area contributed by atoms with Crippen LogP contribution in [0.4, 0.5) is 4.79 Å². The van der Waals surface area contributed by atoms with E-state index in [0.717, 1.165) is 0 Å². The molecule has 0 bridgehead atoms. The van der Waals surface area contributed by atoms with Crippen molar-refractivity contribution in [3.8, 4) is 0 Å². The molecule has 3 rings (SSSR count). The average Bonchev–Trinajstić information content (AvgIpc) is 3.38. The molecule has 12 N–H and O–H groups in total. The van der Waals surface area contributed by atoms with Crippen LogP contribution in [0.1, 0.15) is 13.3 Å². The van der Waals surface area contributed by atoms with Gasteiger partial charge < -0.3 is 89.9 Å². The van der Waals surface area contributed by atoms with Crippen molar-refractivity contribution >= 4 is 6.09 Å².